The second kappa shape index (κ2) is 6.79. The lowest BCUT2D eigenvalue weighted by Crippen LogP contribution is -2.50. The summed E-state index contributed by atoms with van der Waals surface area (Å²) in [6.07, 6.45) is -0.587. The highest BCUT2D eigenvalue weighted by molar-refractivity contribution is 5.97. The number of amides is 2. The molecule has 8 nitrogen and oxygen atoms in total. The number of nitrogens with one attached hydrogen (secondary N) is 1. The Morgan fingerprint density at radius 3 is 2.74 bits per heavy atom. The topological polar surface area (TPSA) is 98.1 Å². The van der Waals surface area contributed by atoms with Crippen molar-refractivity contribution in [3.05, 3.63) is 57.6 Å². The molecule has 4 rings (SSSR count). The number of rotatable bonds is 2. The summed E-state index contributed by atoms with van der Waals surface area (Å²) in [6.45, 7) is 2.49. The number of nitrogens with zero attached hydrogens (tertiary/aromatic N) is 1. The van der Waals surface area contributed by atoms with Gasteiger partial charge in [-0.3, -0.25) is 9.59 Å². The van der Waals surface area contributed by atoms with E-state index in [1.54, 1.807) is 25.1 Å². The fraction of sp³-hybridized carbons (Fsp3) is 0.316. The molecule has 3 heterocycles. The summed E-state index contributed by atoms with van der Waals surface area (Å²) >= 11 is 0. The van der Waals surface area contributed by atoms with Crippen molar-refractivity contribution < 1.29 is 23.5 Å². The van der Waals surface area contributed by atoms with E-state index < -0.39 is 17.6 Å². The lowest BCUT2D eigenvalue weighted by atomic mass is 10.1. The minimum atomic E-state index is -0.747. The first kappa shape index (κ1) is 17.1. The Labute approximate surface area is 154 Å². The zero-order valence-electron chi connectivity index (χ0n) is 14.7. The van der Waals surface area contributed by atoms with Crippen molar-refractivity contribution in [3.63, 3.8) is 0 Å². The van der Waals surface area contributed by atoms with Gasteiger partial charge >= 0.3 is 5.63 Å². The summed E-state index contributed by atoms with van der Waals surface area (Å²) < 4.78 is 16.9. The van der Waals surface area contributed by atoms with E-state index in [0.29, 0.717) is 35.9 Å². The Morgan fingerprint density at radius 1 is 1.22 bits per heavy atom. The van der Waals surface area contributed by atoms with Crippen LogP contribution in [0.1, 0.15) is 27.8 Å². The van der Waals surface area contributed by atoms with Gasteiger partial charge in [0.25, 0.3) is 5.91 Å². The molecule has 1 unspecified atom stereocenters. The zero-order valence-corrected chi connectivity index (χ0v) is 14.7. The van der Waals surface area contributed by atoms with E-state index in [2.05, 4.69) is 5.32 Å². The fourth-order valence-corrected chi connectivity index (χ4v) is 3.18. The molecule has 0 bridgehead atoms. The maximum Gasteiger partial charge on any atom is 0.349 e. The van der Waals surface area contributed by atoms with Gasteiger partial charge in [0.2, 0.25) is 5.91 Å². The van der Waals surface area contributed by atoms with Crippen LogP contribution < -0.4 is 20.4 Å². The van der Waals surface area contributed by atoms with Gasteiger partial charge in [-0.1, -0.05) is 12.1 Å². The smallest absolute Gasteiger partial charge is 0.349 e. The molecule has 1 aromatic heterocycles. The maximum atomic E-state index is 12.7. The van der Waals surface area contributed by atoms with Crippen LogP contribution in [-0.2, 0) is 4.79 Å². The molecular weight excluding hydrogens is 352 g/mol. The van der Waals surface area contributed by atoms with Crippen LogP contribution in [0.25, 0.3) is 0 Å². The normalized spacial score (nSPS) is 18.8. The van der Waals surface area contributed by atoms with Gasteiger partial charge in [-0.05, 0) is 30.7 Å². The molecule has 2 aliphatic heterocycles. The summed E-state index contributed by atoms with van der Waals surface area (Å²) in [5.41, 5.74) is -0.339. The number of piperazine rings is 1. The molecule has 1 saturated heterocycles. The molecule has 1 aromatic carbocycles. The lowest BCUT2D eigenvalue weighted by molar-refractivity contribution is -0.123. The van der Waals surface area contributed by atoms with Gasteiger partial charge < -0.3 is 24.1 Å². The van der Waals surface area contributed by atoms with Gasteiger partial charge in [0.1, 0.15) is 12.2 Å². The first-order chi connectivity index (χ1) is 13.0. The van der Waals surface area contributed by atoms with E-state index in [0.717, 1.165) is 0 Å². The van der Waals surface area contributed by atoms with Gasteiger partial charge in [-0.2, -0.15) is 0 Å². The number of hydrogen-bond donors (Lipinski definition) is 1. The molecule has 0 aliphatic carbocycles. The molecule has 8 heteroatoms. The molecule has 2 aliphatic rings. The van der Waals surface area contributed by atoms with E-state index in [9.17, 15) is 14.4 Å². The number of carbonyl (C=O) groups is 2. The highest BCUT2D eigenvalue weighted by atomic mass is 16.6. The third-order valence-corrected chi connectivity index (χ3v) is 4.53. The van der Waals surface area contributed by atoms with E-state index in [4.69, 9.17) is 13.9 Å². The van der Waals surface area contributed by atoms with Crippen molar-refractivity contribution in [3.8, 4) is 11.5 Å². The van der Waals surface area contributed by atoms with Gasteiger partial charge in [-0.25, -0.2) is 4.79 Å². The highest BCUT2D eigenvalue weighted by Gasteiger charge is 2.29. The van der Waals surface area contributed by atoms with Crippen LogP contribution in [0.2, 0.25) is 0 Å². The summed E-state index contributed by atoms with van der Waals surface area (Å²) in [5, 5.41) is 2.64. The van der Waals surface area contributed by atoms with Gasteiger partial charge in [0.15, 0.2) is 23.4 Å². The number of aryl methyl sites for hydroxylation is 1. The standard InChI is InChI=1S/C19H18N2O6/c1-11-8-14(15-10-25-12-4-2-3-5-13(12)26-15)27-19(24)17(11)18(23)21-7-6-20-16(22)9-21/h2-5,8,15H,6-7,9-10H2,1H3,(H,20,22). The molecule has 1 atom stereocenters. The number of benzene rings is 1. The maximum absolute atomic E-state index is 12.7. The SMILES string of the molecule is Cc1cc(C2COc3ccccc3O2)oc(=O)c1C(=O)N1CCNC(=O)C1. The number of fused-ring (bicyclic) bond motifs is 1. The highest BCUT2D eigenvalue weighted by Crippen LogP contribution is 2.35. The predicted octanol–water partition coefficient (Wildman–Crippen LogP) is 1.03. The number of carbonyl (C=O) groups excluding carboxylic acids is 2. The number of ether oxygens (including phenoxy) is 2. The van der Waals surface area contributed by atoms with Gasteiger partial charge in [0, 0.05) is 13.1 Å². The fourth-order valence-electron chi connectivity index (χ4n) is 3.18. The molecule has 0 radical (unpaired) electrons. The van der Waals surface area contributed by atoms with Crippen molar-refractivity contribution in [2.24, 2.45) is 0 Å². The molecular formula is C19H18N2O6. The Balaban J connectivity index is 1.60. The first-order valence-electron chi connectivity index (χ1n) is 8.62. The van der Waals surface area contributed by atoms with Crippen molar-refractivity contribution in [2.45, 2.75) is 13.0 Å². The van der Waals surface area contributed by atoms with Crippen LogP contribution in [-0.4, -0.2) is 43.0 Å². The van der Waals surface area contributed by atoms with Crippen molar-refractivity contribution in [2.75, 3.05) is 26.2 Å². The summed E-state index contributed by atoms with van der Waals surface area (Å²) in [6, 6.07) is 8.84. The minimum Gasteiger partial charge on any atom is -0.485 e. The zero-order chi connectivity index (χ0) is 19.0. The average Bonchev–Trinajstić information content (AvgIpc) is 2.67. The molecule has 2 aromatic rings. The van der Waals surface area contributed by atoms with Crippen LogP contribution in [0.5, 0.6) is 11.5 Å². The van der Waals surface area contributed by atoms with E-state index in [-0.39, 0.29) is 24.6 Å². The quantitative estimate of drug-likeness (QED) is 0.848. The molecule has 2 amide bonds. The summed E-state index contributed by atoms with van der Waals surface area (Å²) in [4.78, 5) is 38.0. The third-order valence-electron chi connectivity index (χ3n) is 4.53. The Kier molecular flexibility index (Phi) is 4.31. The largest absolute Gasteiger partial charge is 0.485 e. The summed E-state index contributed by atoms with van der Waals surface area (Å²) in [7, 11) is 0. The molecule has 1 N–H and O–H groups in total. The molecule has 0 spiro atoms. The third kappa shape index (κ3) is 3.25. The van der Waals surface area contributed by atoms with Crippen LogP contribution in [0.3, 0.4) is 0 Å². The van der Waals surface area contributed by atoms with Crippen molar-refractivity contribution >= 4 is 11.8 Å². The van der Waals surface area contributed by atoms with Crippen LogP contribution in [0, 0.1) is 6.92 Å². The Morgan fingerprint density at radius 2 is 2.00 bits per heavy atom. The second-order valence-electron chi connectivity index (χ2n) is 6.44. The predicted molar refractivity (Wildman–Crippen MR) is 93.9 cm³/mol. The van der Waals surface area contributed by atoms with E-state index in [1.807, 2.05) is 12.1 Å². The Bertz CT molecular complexity index is 967. The monoisotopic (exact) mass is 370 g/mol. The van der Waals surface area contributed by atoms with Crippen LogP contribution >= 0.6 is 0 Å². The van der Waals surface area contributed by atoms with Crippen LogP contribution in [0.15, 0.2) is 39.5 Å². The number of para-hydroxylation sites is 2. The minimum absolute atomic E-state index is 0.0643. The van der Waals surface area contributed by atoms with Crippen LogP contribution in [0.4, 0.5) is 0 Å². The van der Waals surface area contributed by atoms with Gasteiger partial charge in [0.05, 0.1) is 6.54 Å². The second-order valence-corrected chi connectivity index (χ2v) is 6.44. The molecule has 1 fully saturated rings. The summed E-state index contributed by atoms with van der Waals surface area (Å²) in [5.74, 6) is 0.727. The Hall–Kier alpha value is -3.29. The van der Waals surface area contributed by atoms with Crippen molar-refractivity contribution in [1.82, 2.24) is 10.2 Å². The first-order valence-corrected chi connectivity index (χ1v) is 8.62. The van der Waals surface area contributed by atoms with Crippen molar-refractivity contribution in [1.29, 1.82) is 0 Å². The molecule has 27 heavy (non-hydrogen) atoms. The average molecular weight is 370 g/mol. The van der Waals surface area contributed by atoms with E-state index in [1.165, 1.54) is 4.90 Å². The number of hydrogen-bond acceptors (Lipinski definition) is 6. The van der Waals surface area contributed by atoms with E-state index >= 15 is 0 Å². The lowest BCUT2D eigenvalue weighted by Gasteiger charge is -2.27. The molecule has 0 saturated carbocycles. The molecule has 140 valence electrons. The van der Waals surface area contributed by atoms with Gasteiger partial charge in [-0.15, -0.1) is 0 Å².